The predicted octanol–water partition coefficient (Wildman–Crippen LogP) is 4.06. The highest BCUT2D eigenvalue weighted by atomic mass is 16.5. The van der Waals surface area contributed by atoms with Crippen LogP contribution in [0.2, 0.25) is 0 Å². The van der Waals surface area contributed by atoms with Gasteiger partial charge >= 0.3 is 0 Å². The zero-order valence-corrected chi connectivity index (χ0v) is 19.0. The summed E-state index contributed by atoms with van der Waals surface area (Å²) in [7, 11) is 3.84. The quantitative estimate of drug-likeness (QED) is 0.511. The summed E-state index contributed by atoms with van der Waals surface area (Å²) in [6.07, 6.45) is 5.85. The predicted molar refractivity (Wildman–Crippen MR) is 129 cm³/mol. The number of fused-ring (bicyclic) bond motifs is 3. The third kappa shape index (κ3) is 3.71. The van der Waals surface area contributed by atoms with Gasteiger partial charge in [0.2, 0.25) is 5.95 Å². The summed E-state index contributed by atoms with van der Waals surface area (Å²) >= 11 is 0. The van der Waals surface area contributed by atoms with Crippen molar-refractivity contribution in [3.05, 3.63) is 42.9 Å². The van der Waals surface area contributed by atoms with Crippen molar-refractivity contribution in [2.75, 3.05) is 50.6 Å². The van der Waals surface area contributed by atoms with Gasteiger partial charge in [0.1, 0.15) is 17.1 Å². The average molecular weight is 432 g/mol. The number of pyridine rings is 1. The Morgan fingerprint density at radius 1 is 1.00 bits per heavy atom. The summed E-state index contributed by atoms with van der Waals surface area (Å²) in [4.78, 5) is 18.6. The van der Waals surface area contributed by atoms with E-state index >= 15 is 0 Å². The standard InChI is InChI=1S/C24H29N7O/c1-16(2)31-8-7-17-5-6-18-14-26-24(28-22(18)23(17)31)27-21-13-20(32-4)19(15-25-21)30-11-9-29(3)10-12-30/h5-8,13-16H,9-12H2,1-4H3,(H,25,26,27,28). The van der Waals surface area contributed by atoms with E-state index in [0.717, 1.165) is 54.0 Å². The third-order valence-electron chi connectivity index (χ3n) is 6.14. The van der Waals surface area contributed by atoms with E-state index in [2.05, 4.69) is 74.9 Å². The van der Waals surface area contributed by atoms with E-state index in [9.17, 15) is 0 Å². The van der Waals surface area contributed by atoms with Crippen molar-refractivity contribution in [1.82, 2.24) is 24.4 Å². The van der Waals surface area contributed by atoms with Crippen LogP contribution in [0, 0.1) is 0 Å². The van der Waals surface area contributed by atoms with Crippen molar-refractivity contribution in [2.45, 2.75) is 19.9 Å². The Bertz CT molecular complexity index is 1260. The Kier molecular flexibility index (Phi) is 5.30. The fraction of sp³-hybridized carbons (Fsp3) is 0.375. The zero-order valence-electron chi connectivity index (χ0n) is 19.0. The van der Waals surface area contributed by atoms with Gasteiger partial charge in [-0.05, 0) is 27.0 Å². The third-order valence-corrected chi connectivity index (χ3v) is 6.14. The molecule has 4 aromatic rings. The maximum absolute atomic E-state index is 5.68. The van der Waals surface area contributed by atoms with Crippen LogP contribution in [0.1, 0.15) is 19.9 Å². The number of anilines is 3. The number of piperazine rings is 1. The van der Waals surface area contributed by atoms with Crippen molar-refractivity contribution in [2.24, 2.45) is 0 Å². The second-order valence-electron chi connectivity index (χ2n) is 8.61. The van der Waals surface area contributed by atoms with E-state index in [-0.39, 0.29) is 0 Å². The number of ether oxygens (including phenoxy) is 1. The van der Waals surface area contributed by atoms with Crippen LogP contribution in [0.5, 0.6) is 5.75 Å². The van der Waals surface area contributed by atoms with Crippen molar-refractivity contribution >= 4 is 39.3 Å². The average Bonchev–Trinajstić information content (AvgIpc) is 3.25. The molecule has 1 N–H and O–H groups in total. The molecule has 4 heterocycles. The van der Waals surface area contributed by atoms with Gasteiger partial charge in [0, 0.05) is 61.5 Å². The van der Waals surface area contributed by atoms with Crippen molar-refractivity contribution in [3.63, 3.8) is 0 Å². The van der Waals surface area contributed by atoms with Crippen LogP contribution in [0.4, 0.5) is 17.5 Å². The molecule has 8 nitrogen and oxygen atoms in total. The van der Waals surface area contributed by atoms with E-state index in [1.54, 1.807) is 7.11 Å². The lowest BCUT2D eigenvalue weighted by Gasteiger charge is -2.34. The van der Waals surface area contributed by atoms with Crippen LogP contribution >= 0.6 is 0 Å². The molecule has 166 valence electrons. The Morgan fingerprint density at radius 2 is 1.78 bits per heavy atom. The second kappa shape index (κ2) is 8.27. The van der Waals surface area contributed by atoms with E-state index in [1.165, 1.54) is 5.39 Å². The zero-order chi connectivity index (χ0) is 22.2. The molecule has 0 bridgehead atoms. The normalized spacial score (nSPS) is 15.1. The second-order valence-corrected chi connectivity index (χ2v) is 8.61. The largest absolute Gasteiger partial charge is 0.494 e. The smallest absolute Gasteiger partial charge is 0.228 e. The summed E-state index contributed by atoms with van der Waals surface area (Å²) in [6, 6.07) is 8.58. The first-order valence-corrected chi connectivity index (χ1v) is 11.0. The maximum atomic E-state index is 5.68. The molecule has 0 unspecified atom stereocenters. The summed E-state index contributed by atoms with van der Waals surface area (Å²) in [5.74, 6) is 1.97. The van der Waals surface area contributed by atoms with Crippen molar-refractivity contribution in [1.29, 1.82) is 0 Å². The molecule has 0 aliphatic carbocycles. The molecule has 3 aromatic heterocycles. The number of likely N-dealkylation sites (N-methyl/N-ethyl adjacent to an activating group) is 1. The summed E-state index contributed by atoms with van der Waals surface area (Å²) < 4.78 is 7.93. The van der Waals surface area contributed by atoms with Crippen LogP contribution in [0.15, 0.2) is 42.9 Å². The topological polar surface area (TPSA) is 71.3 Å². The van der Waals surface area contributed by atoms with Gasteiger partial charge in [-0.15, -0.1) is 0 Å². The lowest BCUT2D eigenvalue weighted by molar-refractivity contribution is 0.311. The van der Waals surface area contributed by atoms with Gasteiger partial charge in [-0.25, -0.2) is 15.0 Å². The van der Waals surface area contributed by atoms with Gasteiger partial charge in [0.15, 0.2) is 0 Å². The fourth-order valence-corrected chi connectivity index (χ4v) is 4.29. The Hall–Kier alpha value is -3.39. The molecule has 1 aromatic carbocycles. The Labute approximate surface area is 187 Å². The monoisotopic (exact) mass is 431 g/mol. The number of nitrogens with one attached hydrogen (secondary N) is 1. The molecule has 1 fully saturated rings. The molecule has 1 aliphatic heterocycles. The number of hydrogen-bond acceptors (Lipinski definition) is 7. The molecular formula is C24H29N7O. The summed E-state index contributed by atoms with van der Waals surface area (Å²) in [5, 5.41) is 5.45. The number of aromatic nitrogens is 4. The van der Waals surface area contributed by atoms with E-state index < -0.39 is 0 Å². The van der Waals surface area contributed by atoms with E-state index in [4.69, 9.17) is 9.72 Å². The minimum atomic E-state index is 0.345. The highest BCUT2D eigenvalue weighted by Gasteiger charge is 2.19. The maximum Gasteiger partial charge on any atom is 0.228 e. The summed E-state index contributed by atoms with van der Waals surface area (Å²) in [5.41, 5.74) is 3.07. The first-order valence-electron chi connectivity index (χ1n) is 11.0. The SMILES string of the molecule is COc1cc(Nc2ncc3ccc4ccn(C(C)C)c4c3n2)ncc1N1CCN(C)CC1. The molecule has 1 aliphatic rings. The molecule has 5 rings (SSSR count). The van der Waals surface area contributed by atoms with E-state index in [0.29, 0.717) is 17.8 Å². The molecule has 32 heavy (non-hydrogen) atoms. The molecule has 0 radical (unpaired) electrons. The van der Waals surface area contributed by atoms with Gasteiger partial charge < -0.3 is 24.4 Å². The highest BCUT2D eigenvalue weighted by molar-refractivity contribution is 6.03. The number of rotatable bonds is 5. The Balaban J connectivity index is 1.47. The van der Waals surface area contributed by atoms with Crippen LogP contribution in [0.25, 0.3) is 21.8 Å². The molecular weight excluding hydrogens is 402 g/mol. The van der Waals surface area contributed by atoms with Crippen LogP contribution < -0.4 is 15.0 Å². The van der Waals surface area contributed by atoms with Crippen LogP contribution in [0.3, 0.4) is 0 Å². The first-order chi connectivity index (χ1) is 15.5. The molecule has 0 amide bonds. The minimum Gasteiger partial charge on any atom is -0.494 e. The van der Waals surface area contributed by atoms with Gasteiger partial charge in [0.05, 0.1) is 24.5 Å². The molecule has 0 spiro atoms. The number of nitrogens with zero attached hydrogens (tertiary/aromatic N) is 6. The van der Waals surface area contributed by atoms with Crippen LogP contribution in [-0.4, -0.2) is 64.8 Å². The van der Waals surface area contributed by atoms with Gasteiger partial charge in [0.25, 0.3) is 0 Å². The Morgan fingerprint density at radius 3 is 2.53 bits per heavy atom. The lowest BCUT2D eigenvalue weighted by Crippen LogP contribution is -2.44. The molecule has 0 saturated carbocycles. The number of hydrogen-bond donors (Lipinski definition) is 1. The van der Waals surface area contributed by atoms with Crippen LogP contribution in [-0.2, 0) is 0 Å². The van der Waals surface area contributed by atoms with Gasteiger partial charge in [-0.1, -0.05) is 12.1 Å². The lowest BCUT2D eigenvalue weighted by atomic mass is 10.2. The van der Waals surface area contributed by atoms with Gasteiger partial charge in [-0.3, -0.25) is 0 Å². The first kappa shape index (κ1) is 20.5. The molecule has 1 saturated heterocycles. The van der Waals surface area contributed by atoms with Crippen molar-refractivity contribution in [3.8, 4) is 5.75 Å². The fourth-order valence-electron chi connectivity index (χ4n) is 4.29. The number of benzene rings is 1. The highest BCUT2D eigenvalue weighted by Crippen LogP contribution is 2.32. The number of methoxy groups -OCH3 is 1. The van der Waals surface area contributed by atoms with Crippen molar-refractivity contribution < 1.29 is 4.74 Å². The molecule has 8 heteroatoms. The summed E-state index contributed by atoms with van der Waals surface area (Å²) in [6.45, 7) is 8.33. The minimum absolute atomic E-state index is 0.345. The molecule has 0 atom stereocenters. The van der Waals surface area contributed by atoms with Gasteiger partial charge in [-0.2, -0.15) is 0 Å². The van der Waals surface area contributed by atoms with E-state index in [1.807, 2.05) is 18.5 Å².